The van der Waals surface area contributed by atoms with Gasteiger partial charge in [0.15, 0.2) is 0 Å². The van der Waals surface area contributed by atoms with Crippen LogP contribution < -0.4 is 5.32 Å². The second-order valence-electron chi connectivity index (χ2n) is 4.82. The number of hydrogen-bond donors (Lipinski definition) is 1. The highest BCUT2D eigenvalue weighted by atomic mass is 32.1. The van der Waals surface area contributed by atoms with Crippen molar-refractivity contribution in [2.75, 3.05) is 0 Å². The molecule has 0 unspecified atom stereocenters. The van der Waals surface area contributed by atoms with Gasteiger partial charge in [0.25, 0.3) is 0 Å². The van der Waals surface area contributed by atoms with Crippen LogP contribution in [0.25, 0.3) is 10.9 Å². The number of aromatic nitrogens is 1. The van der Waals surface area contributed by atoms with Crippen LogP contribution in [-0.2, 0) is 19.5 Å². The van der Waals surface area contributed by atoms with Gasteiger partial charge in [0, 0.05) is 34.4 Å². The SMILES string of the molecule is CCc1ccc(CNCc2cccc3cccnc23)s1. The number of aryl methyl sites for hydroxylation is 1. The molecule has 102 valence electrons. The fourth-order valence-electron chi connectivity index (χ4n) is 2.34. The summed E-state index contributed by atoms with van der Waals surface area (Å²) in [5.41, 5.74) is 2.36. The Morgan fingerprint density at radius 1 is 1.00 bits per heavy atom. The minimum atomic E-state index is 0.855. The lowest BCUT2D eigenvalue weighted by Crippen LogP contribution is -2.12. The molecule has 2 aromatic heterocycles. The van der Waals surface area contributed by atoms with E-state index in [0.717, 1.165) is 25.0 Å². The number of nitrogens with zero attached hydrogens (tertiary/aromatic N) is 1. The summed E-state index contributed by atoms with van der Waals surface area (Å²) in [4.78, 5) is 7.34. The first-order valence-electron chi connectivity index (χ1n) is 6.97. The third-order valence-electron chi connectivity index (χ3n) is 3.40. The van der Waals surface area contributed by atoms with Crippen LogP contribution in [0.4, 0.5) is 0 Å². The zero-order valence-electron chi connectivity index (χ0n) is 11.6. The summed E-state index contributed by atoms with van der Waals surface area (Å²) >= 11 is 1.89. The first-order valence-corrected chi connectivity index (χ1v) is 7.79. The number of fused-ring (bicyclic) bond motifs is 1. The monoisotopic (exact) mass is 282 g/mol. The van der Waals surface area contributed by atoms with Crippen LogP contribution in [0.1, 0.15) is 22.2 Å². The molecule has 0 radical (unpaired) electrons. The molecule has 0 saturated heterocycles. The molecular formula is C17H18N2S. The topological polar surface area (TPSA) is 24.9 Å². The summed E-state index contributed by atoms with van der Waals surface area (Å²) in [6.45, 7) is 3.98. The quantitative estimate of drug-likeness (QED) is 0.760. The Bertz CT molecular complexity index is 698. The Kier molecular flexibility index (Phi) is 4.09. The van der Waals surface area contributed by atoms with Crippen molar-refractivity contribution in [3.8, 4) is 0 Å². The van der Waals surface area contributed by atoms with Gasteiger partial charge in [0.05, 0.1) is 5.52 Å². The highest BCUT2D eigenvalue weighted by Crippen LogP contribution is 2.18. The Morgan fingerprint density at radius 2 is 1.85 bits per heavy atom. The van der Waals surface area contributed by atoms with Crippen LogP contribution in [0, 0.1) is 0 Å². The van der Waals surface area contributed by atoms with E-state index in [1.807, 2.05) is 23.6 Å². The van der Waals surface area contributed by atoms with Crippen LogP contribution in [-0.4, -0.2) is 4.98 Å². The first kappa shape index (κ1) is 13.3. The molecule has 3 heteroatoms. The van der Waals surface area contributed by atoms with Gasteiger partial charge in [0.1, 0.15) is 0 Å². The smallest absolute Gasteiger partial charge is 0.0746 e. The van der Waals surface area contributed by atoms with E-state index >= 15 is 0 Å². The first-order chi connectivity index (χ1) is 9.86. The van der Waals surface area contributed by atoms with E-state index in [9.17, 15) is 0 Å². The molecule has 3 aromatic rings. The van der Waals surface area contributed by atoms with Crippen LogP contribution in [0.2, 0.25) is 0 Å². The van der Waals surface area contributed by atoms with E-state index in [1.54, 1.807) is 0 Å². The van der Waals surface area contributed by atoms with E-state index in [-0.39, 0.29) is 0 Å². The number of para-hydroxylation sites is 1. The van der Waals surface area contributed by atoms with Gasteiger partial charge in [-0.15, -0.1) is 11.3 Å². The second-order valence-corrected chi connectivity index (χ2v) is 6.07. The average Bonchev–Trinajstić information content (AvgIpc) is 2.95. The summed E-state index contributed by atoms with van der Waals surface area (Å²) in [6.07, 6.45) is 2.98. The Balaban J connectivity index is 1.68. The number of nitrogens with one attached hydrogen (secondary N) is 1. The van der Waals surface area contributed by atoms with Crippen molar-refractivity contribution in [3.63, 3.8) is 0 Å². The van der Waals surface area contributed by atoms with Crippen molar-refractivity contribution in [2.45, 2.75) is 26.4 Å². The maximum atomic E-state index is 4.49. The van der Waals surface area contributed by atoms with E-state index < -0.39 is 0 Å². The summed E-state index contributed by atoms with van der Waals surface area (Å²) in [7, 11) is 0. The molecule has 0 atom stereocenters. The number of hydrogen-bond acceptors (Lipinski definition) is 3. The maximum Gasteiger partial charge on any atom is 0.0746 e. The number of rotatable bonds is 5. The summed E-state index contributed by atoms with van der Waals surface area (Å²) in [5, 5.41) is 4.72. The molecule has 0 aliphatic heterocycles. The zero-order valence-corrected chi connectivity index (χ0v) is 12.4. The molecule has 3 rings (SSSR count). The lowest BCUT2D eigenvalue weighted by molar-refractivity contribution is 0.703. The summed E-state index contributed by atoms with van der Waals surface area (Å²) in [6, 6.07) is 14.9. The Morgan fingerprint density at radius 3 is 2.70 bits per heavy atom. The minimum Gasteiger partial charge on any atom is -0.308 e. The molecule has 0 bridgehead atoms. The Labute approximate surface area is 123 Å². The predicted octanol–water partition coefficient (Wildman–Crippen LogP) is 4.15. The Hall–Kier alpha value is -1.71. The van der Waals surface area contributed by atoms with Crippen molar-refractivity contribution in [2.24, 2.45) is 0 Å². The van der Waals surface area contributed by atoms with Gasteiger partial charge in [-0.2, -0.15) is 0 Å². The fraction of sp³-hybridized carbons (Fsp3) is 0.235. The fourth-order valence-corrected chi connectivity index (χ4v) is 3.27. The van der Waals surface area contributed by atoms with Gasteiger partial charge in [-0.3, -0.25) is 4.98 Å². The highest BCUT2D eigenvalue weighted by Gasteiger charge is 2.02. The van der Waals surface area contributed by atoms with Crippen molar-refractivity contribution in [3.05, 3.63) is 64.0 Å². The number of thiophene rings is 1. The molecule has 1 N–H and O–H groups in total. The van der Waals surface area contributed by atoms with E-state index in [1.165, 1.54) is 20.7 Å². The molecule has 2 nitrogen and oxygen atoms in total. The molecule has 0 aliphatic rings. The molecule has 2 heterocycles. The summed E-state index contributed by atoms with van der Waals surface area (Å²) in [5.74, 6) is 0. The zero-order chi connectivity index (χ0) is 13.8. The molecular weight excluding hydrogens is 264 g/mol. The molecule has 0 fully saturated rings. The van der Waals surface area contributed by atoms with Gasteiger partial charge >= 0.3 is 0 Å². The van der Waals surface area contributed by atoms with Crippen molar-refractivity contribution in [1.82, 2.24) is 10.3 Å². The lowest BCUT2D eigenvalue weighted by atomic mass is 10.1. The van der Waals surface area contributed by atoms with Crippen molar-refractivity contribution >= 4 is 22.2 Å². The van der Waals surface area contributed by atoms with Crippen LogP contribution in [0.3, 0.4) is 0 Å². The summed E-state index contributed by atoms with van der Waals surface area (Å²) < 4.78 is 0. The number of benzene rings is 1. The van der Waals surface area contributed by atoms with E-state index in [4.69, 9.17) is 0 Å². The molecule has 0 saturated carbocycles. The molecule has 1 aromatic carbocycles. The largest absolute Gasteiger partial charge is 0.308 e. The minimum absolute atomic E-state index is 0.855. The van der Waals surface area contributed by atoms with Crippen molar-refractivity contribution in [1.29, 1.82) is 0 Å². The molecule has 0 aliphatic carbocycles. The lowest BCUT2D eigenvalue weighted by Gasteiger charge is -2.06. The van der Waals surface area contributed by atoms with Gasteiger partial charge in [-0.05, 0) is 30.2 Å². The second kappa shape index (κ2) is 6.16. The van der Waals surface area contributed by atoms with Gasteiger partial charge in [-0.1, -0.05) is 31.2 Å². The standard InChI is InChI=1S/C17H18N2S/c1-2-15-8-9-16(20-15)12-18-11-14-6-3-5-13-7-4-10-19-17(13)14/h3-10,18H,2,11-12H2,1H3. The van der Waals surface area contributed by atoms with Crippen molar-refractivity contribution < 1.29 is 0 Å². The third-order valence-corrected chi connectivity index (χ3v) is 4.63. The molecule has 0 amide bonds. The van der Waals surface area contributed by atoms with Gasteiger partial charge in [0.2, 0.25) is 0 Å². The van der Waals surface area contributed by atoms with Crippen LogP contribution >= 0.6 is 11.3 Å². The maximum absolute atomic E-state index is 4.49. The number of pyridine rings is 1. The average molecular weight is 282 g/mol. The third kappa shape index (κ3) is 2.89. The van der Waals surface area contributed by atoms with E-state index in [0.29, 0.717) is 0 Å². The van der Waals surface area contributed by atoms with E-state index in [2.05, 4.69) is 53.6 Å². The van der Waals surface area contributed by atoms with Gasteiger partial charge in [-0.25, -0.2) is 0 Å². The normalized spacial score (nSPS) is 11.1. The van der Waals surface area contributed by atoms with Crippen LogP contribution in [0.15, 0.2) is 48.7 Å². The predicted molar refractivity (Wildman–Crippen MR) is 86.0 cm³/mol. The highest BCUT2D eigenvalue weighted by molar-refractivity contribution is 7.11. The van der Waals surface area contributed by atoms with Crippen LogP contribution in [0.5, 0.6) is 0 Å². The molecule has 20 heavy (non-hydrogen) atoms. The van der Waals surface area contributed by atoms with Gasteiger partial charge < -0.3 is 5.32 Å². The molecule has 0 spiro atoms.